The van der Waals surface area contributed by atoms with E-state index >= 15 is 0 Å². The lowest BCUT2D eigenvalue weighted by atomic mass is 10.1. The van der Waals surface area contributed by atoms with E-state index in [2.05, 4.69) is 45.6 Å². The molecule has 5 rings (SSSR count). The van der Waals surface area contributed by atoms with Crippen LogP contribution in [0.25, 0.3) is 16.5 Å². The number of aromatic nitrogens is 2. The predicted molar refractivity (Wildman–Crippen MR) is 130 cm³/mol. The van der Waals surface area contributed by atoms with Crippen LogP contribution in [0.3, 0.4) is 0 Å². The van der Waals surface area contributed by atoms with Crippen molar-refractivity contribution in [2.75, 3.05) is 13.7 Å². The first-order valence-corrected chi connectivity index (χ1v) is 11.3. The molecule has 1 aliphatic rings. The van der Waals surface area contributed by atoms with Gasteiger partial charge < -0.3 is 10.1 Å². The number of nitrogens with one attached hydrogen (secondary N) is 1. The second-order valence-electron chi connectivity index (χ2n) is 8.55. The summed E-state index contributed by atoms with van der Waals surface area (Å²) in [5.74, 6) is -0.436. The van der Waals surface area contributed by atoms with E-state index in [1.807, 2.05) is 36.5 Å². The number of carbonyl (C=O) groups excluding carboxylic acids is 2. The van der Waals surface area contributed by atoms with Crippen molar-refractivity contribution in [2.45, 2.75) is 25.0 Å². The zero-order chi connectivity index (χ0) is 23.5. The minimum atomic E-state index is -0.399. The number of nitrogens with zero attached hydrogens (tertiary/aromatic N) is 3. The number of esters is 1. The second kappa shape index (κ2) is 9.49. The maximum absolute atomic E-state index is 12.9. The van der Waals surface area contributed by atoms with Crippen molar-refractivity contribution in [3.8, 4) is 5.69 Å². The summed E-state index contributed by atoms with van der Waals surface area (Å²) in [7, 11) is 1.41. The van der Waals surface area contributed by atoms with Crippen LogP contribution in [-0.2, 0) is 16.1 Å². The van der Waals surface area contributed by atoms with E-state index in [-0.39, 0.29) is 17.9 Å². The third-order valence-electron chi connectivity index (χ3n) is 6.31. The van der Waals surface area contributed by atoms with Gasteiger partial charge in [-0.05, 0) is 59.2 Å². The molecule has 7 nitrogen and oxygen atoms in total. The second-order valence-corrected chi connectivity index (χ2v) is 8.55. The fourth-order valence-corrected chi connectivity index (χ4v) is 4.59. The number of carbonyl (C=O) groups is 2. The highest BCUT2D eigenvalue weighted by atomic mass is 16.5. The van der Waals surface area contributed by atoms with Crippen molar-refractivity contribution in [1.82, 2.24) is 20.0 Å². The highest BCUT2D eigenvalue weighted by Crippen LogP contribution is 2.24. The van der Waals surface area contributed by atoms with Crippen LogP contribution in [-0.4, -0.2) is 52.3 Å². The Hall–Kier alpha value is -3.97. The van der Waals surface area contributed by atoms with Gasteiger partial charge in [0.2, 0.25) is 0 Å². The summed E-state index contributed by atoms with van der Waals surface area (Å²) >= 11 is 0. The summed E-state index contributed by atoms with van der Waals surface area (Å²) in [6.45, 7) is 1.18. The Morgan fingerprint density at radius 1 is 1.03 bits per heavy atom. The number of benzene rings is 3. The van der Waals surface area contributed by atoms with Gasteiger partial charge in [0.1, 0.15) is 6.04 Å². The zero-order valence-electron chi connectivity index (χ0n) is 18.9. The molecule has 0 radical (unpaired) electrons. The van der Waals surface area contributed by atoms with Gasteiger partial charge in [0.15, 0.2) is 0 Å². The van der Waals surface area contributed by atoms with Gasteiger partial charge in [-0.15, -0.1) is 0 Å². The van der Waals surface area contributed by atoms with Crippen LogP contribution >= 0.6 is 0 Å². The van der Waals surface area contributed by atoms with Gasteiger partial charge in [-0.1, -0.05) is 36.4 Å². The molecule has 1 aromatic heterocycles. The molecule has 0 bridgehead atoms. The molecule has 2 heterocycles. The standard InChI is InChI=1S/C27H26N4O3/c1-34-27(33)25-16-23(18-30(25)17-19-7-8-20-5-2-3-6-22(20)15-19)29-26(32)21-9-11-24(12-10-21)31-14-4-13-28-31/h2-15,23,25H,16-18H2,1H3,(H,29,32)/t23-,25-/m0/s1. The normalized spacial score (nSPS) is 18.1. The number of methoxy groups -OCH3 is 1. The molecule has 34 heavy (non-hydrogen) atoms. The van der Waals surface area contributed by atoms with Crippen LogP contribution < -0.4 is 5.32 Å². The van der Waals surface area contributed by atoms with Crippen molar-refractivity contribution < 1.29 is 14.3 Å². The molecule has 7 heteroatoms. The number of ether oxygens (including phenoxy) is 1. The van der Waals surface area contributed by atoms with Crippen LogP contribution in [0, 0.1) is 0 Å². The van der Waals surface area contributed by atoms with E-state index in [0.29, 0.717) is 25.1 Å². The first-order chi connectivity index (χ1) is 16.6. The third-order valence-corrected chi connectivity index (χ3v) is 6.31. The SMILES string of the molecule is COC(=O)[C@@H]1C[C@H](NC(=O)c2ccc(-n3cccn3)cc2)CN1Cc1ccc2ccccc2c1. The van der Waals surface area contributed by atoms with Gasteiger partial charge in [0.25, 0.3) is 5.91 Å². The Balaban J connectivity index is 1.28. The lowest BCUT2D eigenvalue weighted by molar-refractivity contribution is -0.146. The Labute approximate surface area is 197 Å². The maximum atomic E-state index is 12.9. The molecule has 1 amide bonds. The molecule has 1 fully saturated rings. The third kappa shape index (κ3) is 4.56. The highest BCUT2D eigenvalue weighted by Gasteiger charge is 2.38. The monoisotopic (exact) mass is 454 g/mol. The first-order valence-electron chi connectivity index (χ1n) is 11.3. The van der Waals surface area contributed by atoms with E-state index in [9.17, 15) is 9.59 Å². The Morgan fingerprint density at radius 2 is 1.82 bits per heavy atom. The van der Waals surface area contributed by atoms with Gasteiger partial charge in [-0.2, -0.15) is 5.10 Å². The predicted octanol–water partition coefficient (Wildman–Crippen LogP) is 3.57. The molecular formula is C27H26N4O3. The average Bonchev–Trinajstić information content (AvgIpc) is 3.54. The van der Waals surface area contributed by atoms with Crippen molar-refractivity contribution in [3.05, 3.63) is 96.3 Å². The van der Waals surface area contributed by atoms with E-state index in [1.165, 1.54) is 12.5 Å². The summed E-state index contributed by atoms with van der Waals surface area (Å²) in [6, 6.07) is 23.1. The van der Waals surface area contributed by atoms with Crippen LogP contribution in [0.4, 0.5) is 0 Å². The largest absolute Gasteiger partial charge is 0.468 e. The van der Waals surface area contributed by atoms with Gasteiger partial charge in [-0.25, -0.2) is 4.68 Å². The zero-order valence-corrected chi connectivity index (χ0v) is 18.9. The highest BCUT2D eigenvalue weighted by molar-refractivity contribution is 5.94. The number of amides is 1. The fraction of sp³-hybridized carbons (Fsp3) is 0.222. The van der Waals surface area contributed by atoms with Crippen LogP contribution in [0.2, 0.25) is 0 Å². The quantitative estimate of drug-likeness (QED) is 0.451. The number of likely N-dealkylation sites (tertiary alicyclic amines) is 1. The molecular weight excluding hydrogens is 428 g/mol. The molecule has 1 N–H and O–H groups in total. The van der Waals surface area contributed by atoms with Crippen LogP contribution in [0.15, 0.2) is 85.2 Å². The number of rotatable bonds is 6. The van der Waals surface area contributed by atoms with Crippen molar-refractivity contribution in [2.24, 2.45) is 0 Å². The van der Waals surface area contributed by atoms with E-state index in [4.69, 9.17) is 4.74 Å². The van der Waals surface area contributed by atoms with Gasteiger partial charge >= 0.3 is 5.97 Å². The summed E-state index contributed by atoms with van der Waals surface area (Å²) in [5.41, 5.74) is 2.57. The van der Waals surface area contributed by atoms with Crippen LogP contribution in [0.1, 0.15) is 22.3 Å². The molecule has 2 atom stereocenters. The van der Waals surface area contributed by atoms with Gasteiger partial charge in [0, 0.05) is 37.1 Å². The summed E-state index contributed by atoms with van der Waals surface area (Å²) < 4.78 is 6.80. The van der Waals surface area contributed by atoms with Crippen LogP contribution in [0.5, 0.6) is 0 Å². The topological polar surface area (TPSA) is 76.5 Å². The minimum absolute atomic E-state index is 0.150. The smallest absolute Gasteiger partial charge is 0.323 e. The molecule has 0 saturated carbocycles. The molecule has 4 aromatic rings. The Kier molecular flexibility index (Phi) is 6.10. The molecule has 172 valence electrons. The lowest BCUT2D eigenvalue weighted by Gasteiger charge is -2.22. The fourth-order valence-electron chi connectivity index (χ4n) is 4.59. The summed E-state index contributed by atoms with van der Waals surface area (Å²) in [6.07, 6.45) is 4.07. The van der Waals surface area contributed by atoms with E-state index in [0.717, 1.165) is 16.6 Å². The Morgan fingerprint density at radius 3 is 2.56 bits per heavy atom. The molecule has 0 unspecified atom stereocenters. The van der Waals surface area contributed by atoms with Gasteiger partial charge in [-0.3, -0.25) is 14.5 Å². The number of hydrogen-bond donors (Lipinski definition) is 1. The number of fused-ring (bicyclic) bond motifs is 1. The lowest BCUT2D eigenvalue weighted by Crippen LogP contribution is -2.37. The van der Waals surface area contributed by atoms with Gasteiger partial charge in [0.05, 0.1) is 12.8 Å². The molecule has 0 aliphatic carbocycles. The van der Waals surface area contributed by atoms with Crippen molar-refractivity contribution in [1.29, 1.82) is 0 Å². The van der Waals surface area contributed by atoms with E-state index < -0.39 is 6.04 Å². The maximum Gasteiger partial charge on any atom is 0.323 e. The summed E-state index contributed by atoms with van der Waals surface area (Å²) in [4.78, 5) is 27.5. The first kappa shape index (κ1) is 21.9. The molecule has 0 spiro atoms. The Bertz CT molecular complexity index is 1300. The van der Waals surface area contributed by atoms with Crippen molar-refractivity contribution in [3.63, 3.8) is 0 Å². The van der Waals surface area contributed by atoms with E-state index in [1.54, 1.807) is 23.0 Å². The minimum Gasteiger partial charge on any atom is -0.468 e. The molecule has 3 aromatic carbocycles. The molecule has 1 saturated heterocycles. The average molecular weight is 455 g/mol. The van der Waals surface area contributed by atoms with Crippen molar-refractivity contribution >= 4 is 22.6 Å². The summed E-state index contributed by atoms with van der Waals surface area (Å²) in [5, 5.41) is 9.64. The molecule has 1 aliphatic heterocycles. The number of hydrogen-bond acceptors (Lipinski definition) is 5.